The van der Waals surface area contributed by atoms with Gasteiger partial charge in [-0.2, -0.15) is 0 Å². The molecule has 1 aliphatic carbocycles. The van der Waals surface area contributed by atoms with Crippen LogP contribution in [0.1, 0.15) is 25.0 Å². The molecule has 0 saturated heterocycles. The fourth-order valence-corrected chi connectivity index (χ4v) is 13.9. The van der Waals surface area contributed by atoms with Crippen LogP contribution in [0.5, 0.6) is 0 Å². The molecule has 7 aromatic carbocycles. The van der Waals surface area contributed by atoms with E-state index in [0.717, 1.165) is 5.69 Å². The summed E-state index contributed by atoms with van der Waals surface area (Å²) < 4.78 is 0. The molecule has 1 heterocycles. The molecule has 1 nitrogen and oxygen atoms in total. The van der Waals surface area contributed by atoms with E-state index in [1.54, 1.807) is 0 Å². The molecule has 0 atom stereocenters. The second-order valence-corrected chi connectivity index (χ2v) is 17.0. The first kappa shape index (κ1) is 27.8. The standard InChI is InChI=1S/C45H35NSi/c1-45(2)38-27-14-12-25-37(38)43-39(45)28-17-29-40(43)46(32-18-6-3-7-19-32)41-30-16-26-36-35-24-13-15-31-42(35)47(44(36)41,33-20-8-4-9-21-33)34-22-10-5-11-23-34/h3-31H,1-2H3. The van der Waals surface area contributed by atoms with Gasteiger partial charge in [0.05, 0.1) is 5.69 Å². The summed E-state index contributed by atoms with van der Waals surface area (Å²) in [5.41, 5.74) is 11.7. The second kappa shape index (κ2) is 10.6. The summed E-state index contributed by atoms with van der Waals surface area (Å²) in [5.74, 6) is 0. The summed E-state index contributed by atoms with van der Waals surface area (Å²) in [6.07, 6.45) is 0. The van der Waals surface area contributed by atoms with Crippen LogP contribution in [0.3, 0.4) is 0 Å². The molecule has 0 amide bonds. The maximum absolute atomic E-state index is 2.77. The minimum atomic E-state index is -2.77. The topological polar surface area (TPSA) is 3.24 Å². The van der Waals surface area contributed by atoms with Crippen LogP contribution < -0.4 is 25.6 Å². The fraction of sp³-hybridized carbons (Fsp3) is 0.0667. The van der Waals surface area contributed by atoms with Gasteiger partial charge < -0.3 is 4.90 Å². The smallest absolute Gasteiger partial charge is 0.183 e. The van der Waals surface area contributed by atoms with Gasteiger partial charge in [0.15, 0.2) is 8.07 Å². The summed E-state index contributed by atoms with van der Waals surface area (Å²) in [6.45, 7) is 4.74. The van der Waals surface area contributed by atoms with Crippen molar-refractivity contribution in [3.05, 3.63) is 187 Å². The molecule has 9 rings (SSSR count). The predicted molar refractivity (Wildman–Crippen MR) is 201 cm³/mol. The lowest BCUT2D eigenvalue weighted by Gasteiger charge is -2.36. The molecule has 7 aromatic rings. The molecule has 2 aliphatic rings. The highest BCUT2D eigenvalue weighted by molar-refractivity contribution is 7.22. The monoisotopic (exact) mass is 617 g/mol. The number of anilines is 3. The minimum absolute atomic E-state index is 0.0915. The first-order chi connectivity index (χ1) is 23.1. The van der Waals surface area contributed by atoms with Gasteiger partial charge in [0.25, 0.3) is 0 Å². The quantitative estimate of drug-likeness (QED) is 0.175. The Morgan fingerprint density at radius 2 is 0.936 bits per heavy atom. The average molecular weight is 618 g/mol. The molecule has 0 saturated carbocycles. The van der Waals surface area contributed by atoms with E-state index >= 15 is 0 Å². The van der Waals surface area contributed by atoms with Gasteiger partial charge in [-0.15, -0.1) is 0 Å². The van der Waals surface area contributed by atoms with Gasteiger partial charge in [-0.25, -0.2) is 0 Å². The Morgan fingerprint density at radius 1 is 0.426 bits per heavy atom. The largest absolute Gasteiger partial charge is 0.310 e. The van der Waals surface area contributed by atoms with E-state index in [1.165, 1.54) is 65.5 Å². The number of para-hydroxylation sites is 1. The number of hydrogen-bond donors (Lipinski definition) is 0. The van der Waals surface area contributed by atoms with E-state index in [0.29, 0.717) is 0 Å². The lowest BCUT2D eigenvalue weighted by atomic mass is 9.82. The summed E-state index contributed by atoms with van der Waals surface area (Å²) in [5, 5.41) is 5.72. The van der Waals surface area contributed by atoms with E-state index in [-0.39, 0.29) is 5.41 Å². The van der Waals surface area contributed by atoms with Gasteiger partial charge in [-0.1, -0.05) is 166 Å². The van der Waals surface area contributed by atoms with Crippen molar-refractivity contribution in [2.24, 2.45) is 0 Å². The normalized spacial score (nSPS) is 14.5. The fourth-order valence-electron chi connectivity index (χ4n) is 8.57. The van der Waals surface area contributed by atoms with Crippen LogP contribution >= 0.6 is 0 Å². The molecule has 47 heavy (non-hydrogen) atoms. The SMILES string of the molecule is CC1(C)c2ccccc2-c2c(N(c3ccccc3)c3cccc4c3[Si](c3ccccc3)(c3ccccc3)c3ccccc3-4)cccc21. The number of benzene rings is 7. The molecule has 0 radical (unpaired) electrons. The third-order valence-electron chi connectivity index (χ3n) is 10.5. The first-order valence-electron chi connectivity index (χ1n) is 16.5. The van der Waals surface area contributed by atoms with E-state index in [9.17, 15) is 0 Å². The van der Waals surface area contributed by atoms with Crippen LogP contribution in [0.15, 0.2) is 176 Å². The summed E-state index contributed by atoms with van der Waals surface area (Å²) >= 11 is 0. The minimum Gasteiger partial charge on any atom is -0.310 e. The summed E-state index contributed by atoms with van der Waals surface area (Å²) in [4.78, 5) is 2.56. The van der Waals surface area contributed by atoms with Crippen molar-refractivity contribution in [3.8, 4) is 22.3 Å². The van der Waals surface area contributed by atoms with E-state index in [4.69, 9.17) is 0 Å². The molecule has 0 spiro atoms. The van der Waals surface area contributed by atoms with Crippen LogP contribution in [-0.4, -0.2) is 8.07 Å². The number of fused-ring (bicyclic) bond motifs is 6. The van der Waals surface area contributed by atoms with Gasteiger partial charge >= 0.3 is 0 Å². The third-order valence-corrected chi connectivity index (χ3v) is 15.5. The van der Waals surface area contributed by atoms with Gasteiger partial charge in [-0.3, -0.25) is 0 Å². The highest BCUT2D eigenvalue weighted by atomic mass is 28.3. The van der Waals surface area contributed by atoms with Gasteiger partial charge in [0, 0.05) is 22.4 Å². The maximum Gasteiger partial charge on any atom is 0.183 e. The Kier molecular flexibility index (Phi) is 6.25. The Balaban J connectivity index is 1.43. The molecule has 0 fully saturated rings. The molecule has 0 N–H and O–H groups in total. The molecule has 0 bridgehead atoms. The Morgan fingerprint density at radius 3 is 1.64 bits per heavy atom. The average Bonchev–Trinajstić information content (AvgIpc) is 3.57. The number of hydrogen-bond acceptors (Lipinski definition) is 1. The van der Waals surface area contributed by atoms with E-state index in [1.807, 2.05) is 0 Å². The summed E-state index contributed by atoms with van der Waals surface area (Å²) in [6, 6.07) is 65.7. The van der Waals surface area contributed by atoms with Crippen LogP contribution in [0.4, 0.5) is 17.1 Å². The highest BCUT2D eigenvalue weighted by Crippen LogP contribution is 2.54. The second-order valence-electron chi connectivity index (χ2n) is 13.3. The zero-order valence-corrected chi connectivity index (χ0v) is 27.7. The maximum atomic E-state index is 2.56. The molecule has 0 aromatic heterocycles. The van der Waals surface area contributed by atoms with E-state index in [2.05, 4.69) is 195 Å². The highest BCUT2D eigenvalue weighted by Gasteiger charge is 2.51. The zero-order valence-electron chi connectivity index (χ0n) is 26.7. The Bertz CT molecular complexity index is 2230. The van der Waals surface area contributed by atoms with Crippen LogP contribution in [-0.2, 0) is 5.41 Å². The van der Waals surface area contributed by atoms with Gasteiger partial charge in [0.1, 0.15) is 0 Å². The number of rotatable bonds is 5. The zero-order chi connectivity index (χ0) is 31.6. The van der Waals surface area contributed by atoms with Crippen molar-refractivity contribution >= 4 is 45.9 Å². The summed E-state index contributed by atoms with van der Waals surface area (Å²) in [7, 11) is -2.77. The van der Waals surface area contributed by atoms with Crippen LogP contribution in [0.25, 0.3) is 22.3 Å². The van der Waals surface area contributed by atoms with E-state index < -0.39 is 8.07 Å². The van der Waals surface area contributed by atoms with Crippen molar-refractivity contribution < 1.29 is 0 Å². The van der Waals surface area contributed by atoms with Crippen molar-refractivity contribution in [1.29, 1.82) is 0 Å². The molecule has 224 valence electrons. The van der Waals surface area contributed by atoms with Crippen LogP contribution in [0, 0.1) is 0 Å². The van der Waals surface area contributed by atoms with Gasteiger partial charge in [0.2, 0.25) is 0 Å². The van der Waals surface area contributed by atoms with Crippen molar-refractivity contribution in [3.63, 3.8) is 0 Å². The lowest BCUT2D eigenvalue weighted by molar-refractivity contribution is 0.660. The Hall–Kier alpha value is -5.44. The van der Waals surface area contributed by atoms with Crippen LogP contribution in [0.2, 0.25) is 0 Å². The van der Waals surface area contributed by atoms with Crippen molar-refractivity contribution in [1.82, 2.24) is 0 Å². The van der Waals surface area contributed by atoms with Gasteiger partial charge in [-0.05, 0) is 72.8 Å². The first-order valence-corrected chi connectivity index (χ1v) is 18.5. The predicted octanol–water partition coefficient (Wildman–Crippen LogP) is 8.82. The molecule has 1 aliphatic heterocycles. The number of nitrogens with zero attached hydrogens (tertiary/aromatic N) is 1. The third kappa shape index (κ3) is 3.89. The van der Waals surface area contributed by atoms with Crippen molar-refractivity contribution in [2.75, 3.05) is 4.90 Å². The molecular formula is C45H35NSi. The molecule has 0 unspecified atom stereocenters. The van der Waals surface area contributed by atoms with Crippen molar-refractivity contribution in [2.45, 2.75) is 19.3 Å². The Labute approximate surface area is 278 Å². The molecule has 2 heteroatoms. The lowest BCUT2D eigenvalue weighted by Crippen LogP contribution is -2.73. The molecular weight excluding hydrogens is 583 g/mol.